The van der Waals surface area contributed by atoms with Crippen LogP contribution in [0.4, 0.5) is 30.2 Å². The van der Waals surface area contributed by atoms with Gasteiger partial charge in [-0.3, -0.25) is 39.2 Å². The van der Waals surface area contributed by atoms with Gasteiger partial charge in [-0.2, -0.15) is 18.4 Å². The van der Waals surface area contributed by atoms with Gasteiger partial charge in [-0.15, -0.1) is 25.0 Å². The summed E-state index contributed by atoms with van der Waals surface area (Å²) >= 11 is 4.76. The van der Waals surface area contributed by atoms with E-state index in [1.54, 1.807) is 38.1 Å². The summed E-state index contributed by atoms with van der Waals surface area (Å²) in [4.78, 5) is 58.3. The number of thiol groups is 1. The lowest BCUT2D eigenvalue weighted by molar-refractivity contribution is -0.138. The van der Waals surface area contributed by atoms with Gasteiger partial charge >= 0.3 is 6.18 Å². The Labute approximate surface area is 355 Å². The first-order valence-electron chi connectivity index (χ1n) is 20.0. The van der Waals surface area contributed by atoms with Gasteiger partial charge in [0.2, 0.25) is 23.6 Å². The molecule has 3 saturated heterocycles. The number of nitrogens with one attached hydrogen (secondary N) is 3. The van der Waals surface area contributed by atoms with Crippen LogP contribution < -0.4 is 20.9 Å². The molecule has 2 aromatic carbocycles. The van der Waals surface area contributed by atoms with Crippen molar-refractivity contribution in [1.82, 2.24) is 20.0 Å². The number of rotatable bonds is 12. The van der Waals surface area contributed by atoms with Gasteiger partial charge in [0.05, 0.1) is 35.4 Å². The third-order valence-electron chi connectivity index (χ3n) is 11.8. The van der Waals surface area contributed by atoms with E-state index >= 15 is 0 Å². The number of carbonyl (C=O) groups is 4. The number of anilines is 3. The summed E-state index contributed by atoms with van der Waals surface area (Å²) in [6.45, 7) is 11.2. The van der Waals surface area contributed by atoms with Gasteiger partial charge in [0.1, 0.15) is 11.5 Å². The Hall–Kier alpha value is -3.92. The molecule has 4 amide bonds. The van der Waals surface area contributed by atoms with Crippen molar-refractivity contribution in [2.24, 2.45) is 0 Å². The van der Waals surface area contributed by atoms with Gasteiger partial charge < -0.3 is 20.3 Å². The van der Waals surface area contributed by atoms with Crippen molar-refractivity contribution in [3.63, 3.8) is 0 Å². The predicted octanol–water partition coefficient (Wildman–Crippen LogP) is 5.61. The molecule has 0 spiro atoms. The molecule has 4 fully saturated rings. The Morgan fingerprint density at radius 2 is 1.69 bits per heavy atom. The minimum Gasteiger partial charge on any atom is -0.378 e. The van der Waals surface area contributed by atoms with Gasteiger partial charge in [0.25, 0.3) is 0 Å². The quantitative estimate of drug-likeness (QED) is 0.121. The maximum Gasteiger partial charge on any atom is 0.417 e. The van der Waals surface area contributed by atoms with Gasteiger partial charge in [-0.1, -0.05) is 6.07 Å². The highest BCUT2D eigenvalue weighted by molar-refractivity contribution is 7.81. The van der Waals surface area contributed by atoms with Gasteiger partial charge in [0.15, 0.2) is 0 Å². The number of piperazine rings is 1. The fourth-order valence-electron chi connectivity index (χ4n) is 8.91. The number of nitriles is 1. The minimum absolute atomic E-state index is 0. The highest BCUT2D eigenvalue weighted by atomic mass is 35.5. The van der Waals surface area contributed by atoms with Crippen LogP contribution in [0.3, 0.4) is 0 Å². The fraction of sp³-hybridized carbons (Fsp3) is 0.585. The van der Waals surface area contributed by atoms with Crippen molar-refractivity contribution in [2.45, 2.75) is 120 Å². The van der Waals surface area contributed by atoms with Gasteiger partial charge in [-0.25, -0.2) is 0 Å². The van der Waals surface area contributed by atoms with Crippen molar-refractivity contribution in [3.05, 3.63) is 53.6 Å². The second kappa shape index (κ2) is 19.2. The number of amides is 4. The van der Waals surface area contributed by atoms with Gasteiger partial charge in [0, 0.05) is 67.8 Å². The molecule has 0 radical (unpaired) electrons. The summed E-state index contributed by atoms with van der Waals surface area (Å²) in [6, 6.07) is 11.9. The van der Waals surface area contributed by atoms with E-state index in [1.807, 2.05) is 11.0 Å². The summed E-state index contributed by atoms with van der Waals surface area (Å²) < 4.78 is 47.5. The van der Waals surface area contributed by atoms with E-state index in [0.29, 0.717) is 24.4 Å². The third kappa shape index (κ3) is 10.7. The summed E-state index contributed by atoms with van der Waals surface area (Å²) in [5.41, 5.74) is -1.99. The van der Waals surface area contributed by atoms with Crippen molar-refractivity contribution in [1.29, 1.82) is 5.26 Å². The van der Waals surface area contributed by atoms with Crippen molar-refractivity contribution < 1.29 is 37.1 Å². The molecule has 0 bridgehead atoms. The topological polar surface area (TPSA) is 150 Å². The first kappa shape index (κ1) is 46.2. The van der Waals surface area contributed by atoms with Crippen LogP contribution in [0.1, 0.15) is 83.8 Å². The molecular formula is C41H54ClF3N8O5S. The minimum atomic E-state index is -4.74. The van der Waals surface area contributed by atoms with Crippen molar-refractivity contribution in [2.75, 3.05) is 48.3 Å². The summed E-state index contributed by atoms with van der Waals surface area (Å²) in [5, 5.41) is 17.7. The zero-order valence-electron chi connectivity index (χ0n) is 33.8. The molecule has 322 valence electrons. The molecule has 18 heteroatoms. The molecule has 6 rings (SSSR count). The summed E-state index contributed by atoms with van der Waals surface area (Å²) in [5.74, 6) is -1.10. The third-order valence-corrected chi connectivity index (χ3v) is 12.3. The molecule has 0 aromatic heterocycles. The molecule has 3 N–H and O–H groups in total. The number of nitrogens with zero attached hydrogens (tertiary/aromatic N) is 5. The van der Waals surface area contributed by atoms with Crippen LogP contribution in [0, 0.1) is 11.3 Å². The largest absolute Gasteiger partial charge is 0.417 e. The SMILES string of the molecule is C[C@@H]1CN(CCCOC2CCC(N3C(S)N(c4ccc(C#N)c(C(F)(F)F)c4)C(=O)C3(C)C)CC2)C[C@H](C)N1CC(=O)Nc1cccc(NC2CCC(=O)NC2=O)c1.Cl. The van der Waals surface area contributed by atoms with E-state index in [2.05, 4.69) is 39.6 Å². The Kier molecular flexibility index (Phi) is 15.0. The molecule has 59 heavy (non-hydrogen) atoms. The number of imide groups is 1. The van der Waals surface area contributed by atoms with E-state index in [-0.39, 0.29) is 78.9 Å². The van der Waals surface area contributed by atoms with Crippen LogP contribution in [0.15, 0.2) is 42.5 Å². The predicted molar refractivity (Wildman–Crippen MR) is 223 cm³/mol. The number of benzene rings is 2. The maximum atomic E-state index is 13.7. The van der Waals surface area contributed by atoms with E-state index in [9.17, 15) is 37.6 Å². The van der Waals surface area contributed by atoms with E-state index in [1.165, 1.54) is 11.0 Å². The normalized spacial score (nSPS) is 26.8. The molecule has 4 aliphatic rings. The number of alkyl halides is 3. The molecule has 3 aliphatic heterocycles. The highest BCUT2D eigenvalue weighted by Crippen LogP contribution is 2.43. The van der Waals surface area contributed by atoms with Crippen molar-refractivity contribution in [3.8, 4) is 6.07 Å². The molecule has 2 aromatic rings. The number of carbonyl (C=O) groups excluding carboxylic acids is 4. The number of ether oxygens (including phenoxy) is 1. The van der Waals surface area contributed by atoms with Crippen LogP contribution >= 0.6 is 25.0 Å². The highest BCUT2D eigenvalue weighted by Gasteiger charge is 2.54. The molecular weight excluding hydrogens is 809 g/mol. The number of halogens is 4. The van der Waals surface area contributed by atoms with E-state index in [0.717, 1.165) is 63.9 Å². The Bertz CT molecular complexity index is 1900. The van der Waals surface area contributed by atoms with Crippen molar-refractivity contribution >= 4 is 65.7 Å². The van der Waals surface area contributed by atoms with E-state index in [4.69, 9.17) is 17.4 Å². The zero-order chi connectivity index (χ0) is 41.9. The molecule has 2 unspecified atom stereocenters. The first-order valence-corrected chi connectivity index (χ1v) is 20.5. The first-order chi connectivity index (χ1) is 27.5. The number of piperidine rings is 1. The molecule has 1 aliphatic carbocycles. The summed E-state index contributed by atoms with van der Waals surface area (Å²) in [7, 11) is 0. The molecule has 1 saturated carbocycles. The lowest BCUT2D eigenvalue weighted by Gasteiger charge is -2.44. The second-order valence-corrected chi connectivity index (χ2v) is 16.9. The van der Waals surface area contributed by atoms with Crippen LogP contribution in [0.2, 0.25) is 0 Å². The average Bonchev–Trinajstić information content (AvgIpc) is 3.34. The maximum absolute atomic E-state index is 13.7. The lowest BCUT2D eigenvalue weighted by Crippen LogP contribution is -2.58. The Morgan fingerprint density at radius 3 is 2.34 bits per heavy atom. The fourth-order valence-corrected chi connectivity index (χ4v) is 9.62. The Morgan fingerprint density at radius 1 is 1.02 bits per heavy atom. The number of hydrogen-bond donors (Lipinski definition) is 4. The van der Waals surface area contributed by atoms with E-state index < -0.39 is 34.4 Å². The standard InChI is InChI=1S/C41H53F3N8O5S.ClH/c1-25-22-49(23-26(2)50(25)24-36(54)47-29-8-5-7-28(19-29)46-34-15-16-35(53)48-37(34)55)17-6-18-57-32-13-11-30(12-14-32)52-39(58)51(38(56)40(52,3)4)31-10-9-27(21-45)33(20-31)41(42,43)44;/h5,7-10,19-20,25-26,30,32,34,39,46,58H,6,11-18,22-24H2,1-4H3,(H,47,54)(H,48,53,55);1H/t25-,26+,30?,32?,34?,39?;. The van der Waals surface area contributed by atoms with Crippen LogP contribution in [-0.4, -0.2) is 112 Å². The van der Waals surface area contributed by atoms with Crippen LogP contribution in [0.25, 0.3) is 0 Å². The Balaban J connectivity index is 0.00000661. The summed E-state index contributed by atoms with van der Waals surface area (Å²) in [6.07, 6.45) is -0.0504. The molecule has 13 nitrogen and oxygen atoms in total. The van der Waals surface area contributed by atoms with Crippen LogP contribution in [0.5, 0.6) is 0 Å². The smallest absolute Gasteiger partial charge is 0.378 e. The number of hydrogen-bond acceptors (Lipinski definition) is 11. The monoisotopic (exact) mass is 862 g/mol. The van der Waals surface area contributed by atoms with Crippen LogP contribution in [-0.2, 0) is 30.1 Å². The average molecular weight is 863 g/mol. The zero-order valence-corrected chi connectivity index (χ0v) is 35.5. The molecule has 3 heterocycles. The lowest BCUT2D eigenvalue weighted by atomic mass is 9.89. The molecule has 4 atom stereocenters. The van der Waals surface area contributed by atoms with Gasteiger partial charge in [-0.05, 0) is 103 Å². The second-order valence-electron chi connectivity index (χ2n) is 16.4.